The number of aliphatic hydroxyl groups excluding tert-OH is 2. The smallest absolute Gasteiger partial charge is 0.759 e. The van der Waals surface area contributed by atoms with Crippen molar-refractivity contribution in [1.82, 2.24) is 0 Å². The number of fused-ring (bicyclic) bond motifs is 10. The van der Waals surface area contributed by atoms with Crippen molar-refractivity contribution in [2.45, 2.75) is 143 Å². The molecule has 0 spiro atoms. The molecule has 8 aliphatic rings. The summed E-state index contributed by atoms with van der Waals surface area (Å²) in [6.07, 6.45) is 21.4. The molecule has 0 radical (unpaired) electrons. The molecular weight excluding hydrogens is 694 g/mol. The Labute approximate surface area is 349 Å². The monoisotopic (exact) mass is 754 g/mol. The molecule has 0 aromatic rings. The van der Waals surface area contributed by atoms with E-state index in [-0.39, 0.29) is 93.1 Å². The molecule has 6 N–H and O–H groups in total. The van der Waals surface area contributed by atoms with E-state index in [4.69, 9.17) is 17.5 Å². The van der Waals surface area contributed by atoms with Crippen LogP contribution in [0.2, 0.25) is 0 Å². The number of allylic oxidation sites excluding steroid dienone is 2. The third-order valence-electron chi connectivity index (χ3n) is 15.6. The number of carbonyl (C=O) groups excluding carboxylic acids is 2. The van der Waals surface area contributed by atoms with Crippen molar-refractivity contribution in [2.75, 3.05) is 0 Å². The van der Waals surface area contributed by atoms with Gasteiger partial charge in [-0.05, 0) is 136 Å². The Kier molecular flexibility index (Phi) is 16.2. The number of Topliss-reactive ketones (excluding diaryl/α,β-unsaturated/α-hetero) is 2. The number of hydrogen-bond donors (Lipinski definition) is 2. The van der Waals surface area contributed by atoms with Crippen LogP contribution in [0.3, 0.4) is 0 Å². The first-order chi connectivity index (χ1) is 21.9. The standard InChI is InChI=1S/2C19H28O2.2Na.H2O4S.2H2O/c2*1-18-9-7-13(20)11-12(18)3-4-14-15-5-6-17(21)19(15,2)10-8-16(14)18;;;1-5(2,3)4;;/h2*3,13-16,20H,4-11H2,1-2H3;;;(H2,1,2,3,4);2*1H2/q;;2*+1;;;/p-2/t13-,14?,15?,16?,18-,19-;13-,14+,15?,16+,18-,19-;;;;;/m00...../s1. The van der Waals surface area contributed by atoms with E-state index in [2.05, 4.69) is 39.8 Å². The zero-order valence-electron chi connectivity index (χ0n) is 31.8. The number of hydrogen-bond acceptors (Lipinski definition) is 8. The van der Waals surface area contributed by atoms with Gasteiger partial charge < -0.3 is 30.3 Å². The molecular formula is C38H60Na2O10S. The first-order valence-electron chi connectivity index (χ1n) is 18.4. The molecule has 6 saturated carbocycles. The molecule has 0 aromatic carbocycles. The molecule has 280 valence electrons. The van der Waals surface area contributed by atoms with Gasteiger partial charge in [-0.3, -0.25) is 18.0 Å². The van der Waals surface area contributed by atoms with Gasteiger partial charge in [-0.25, -0.2) is 0 Å². The van der Waals surface area contributed by atoms with E-state index >= 15 is 0 Å². The Morgan fingerprint density at radius 2 is 0.882 bits per heavy atom. The molecule has 13 heteroatoms. The minimum absolute atomic E-state index is 0. The van der Waals surface area contributed by atoms with Crippen LogP contribution in [-0.4, -0.2) is 62.5 Å². The van der Waals surface area contributed by atoms with Gasteiger partial charge in [0.2, 0.25) is 0 Å². The molecule has 12 atom stereocenters. The average Bonchev–Trinajstić information content (AvgIpc) is 3.47. The fourth-order valence-electron chi connectivity index (χ4n) is 12.8. The Bertz CT molecular complexity index is 1350. The van der Waals surface area contributed by atoms with Gasteiger partial charge in [0, 0.05) is 34.1 Å². The quantitative estimate of drug-likeness (QED) is 0.132. The second-order valence-electron chi connectivity index (χ2n) is 17.6. The Morgan fingerprint density at radius 3 is 1.22 bits per heavy atom. The summed E-state index contributed by atoms with van der Waals surface area (Å²) in [6, 6.07) is 0. The first kappa shape index (κ1) is 47.7. The minimum atomic E-state index is -5.17. The number of ketones is 2. The second-order valence-corrected chi connectivity index (χ2v) is 18.4. The maximum Gasteiger partial charge on any atom is 1.00 e. The molecule has 10 nitrogen and oxygen atoms in total. The van der Waals surface area contributed by atoms with Crippen molar-refractivity contribution in [2.24, 2.45) is 57.2 Å². The van der Waals surface area contributed by atoms with Gasteiger partial charge in [-0.1, -0.05) is 51.0 Å². The summed E-state index contributed by atoms with van der Waals surface area (Å²) in [7, 11) is -5.17. The number of carbonyl (C=O) groups is 2. The van der Waals surface area contributed by atoms with E-state index in [9.17, 15) is 19.8 Å². The zero-order valence-corrected chi connectivity index (χ0v) is 36.7. The molecule has 51 heavy (non-hydrogen) atoms. The van der Waals surface area contributed by atoms with Gasteiger partial charge in [-0.15, -0.1) is 0 Å². The van der Waals surface area contributed by atoms with Crippen molar-refractivity contribution in [1.29, 1.82) is 0 Å². The third-order valence-corrected chi connectivity index (χ3v) is 15.6. The fraction of sp³-hybridized carbons (Fsp3) is 0.842. The summed E-state index contributed by atoms with van der Waals surface area (Å²) in [4.78, 5) is 24.7. The largest absolute Gasteiger partial charge is 1.00 e. The van der Waals surface area contributed by atoms with Crippen LogP contribution in [0.1, 0.15) is 130 Å². The Morgan fingerprint density at radius 1 is 0.588 bits per heavy atom. The van der Waals surface area contributed by atoms with Crippen LogP contribution < -0.4 is 59.1 Å². The predicted molar refractivity (Wildman–Crippen MR) is 183 cm³/mol. The van der Waals surface area contributed by atoms with Gasteiger partial charge in [-0.2, -0.15) is 0 Å². The molecule has 0 amide bonds. The predicted octanol–water partition coefficient (Wildman–Crippen LogP) is -1.22. The summed E-state index contributed by atoms with van der Waals surface area (Å²) >= 11 is 0. The summed E-state index contributed by atoms with van der Waals surface area (Å²) in [6.45, 7) is 9.38. The van der Waals surface area contributed by atoms with Crippen LogP contribution in [-0.2, 0) is 20.0 Å². The molecule has 0 saturated heterocycles. The molecule has 0 heterocycles. The Hall–Kier alpha value is 0.530. The topological polar surface area (TPSA) is 218 Å². The number of rotatable bonds is 0. The maximum atomic E-state index is 12.4. The average molecular weight is 755 g/mol. The zero-order chi connectivity index (χ0) is 34.2. The van der Waals surface area contributed by atoms with Crippen LogP contribution in [0.15, 0.2) is 23.3 Å². The van der Waals surface area contributed by atoms with Crippen LogP contribution in [0.25, 0.3) is 0 Å². The van der Waals surface area contributed by atoms with E-state index in [1.54, 1.807) is 0 Å². The molecule has 0 aliphatic heterocycles. The van der Waals surface area contributed by atoms with Gasteiger partial charge in [0.15, 0.2) is 0 Å². The minimum Gasteiger partial charge on any atom is -0.759 e. The SMILES string of the molecule is C[C@]12CC[C@H](O)CC1=CCC1C2CC[C@]2(C)C(=O)CCC12.C[C@]12CC[C@H](O)CC1=CC[C@@H]1C3CCC(=O)[C@@]3(C)CC[C@H]12.O.O.O=S(=O)([O-])[O-].[Na+].[Na+]. The number of aliphatic hydroxyl groups is 2. The molecule has 4 unspecified atom stereocenters. The fourth-order valence-corrected chi connectivity index (χ4v) is 12.8. The van der Waals surface area contributed by atoms with Crippen molar-refractivity contribution in [3.8, 4) is 0 Å². The molecule has 8 aliphatic carbocycles. The van der Waals surface area contributed by atoms with Crippen molar-refractivity contribution >= 4 is 22.0 Å². The summed E-state index contributed by atoms with van der Waals surface area (Å²) in [5.74, 6) is 5.20. The van der Waals surface area contributed by atoms with Crippen LogP contribution in [0.4, 0.5) is 0 Å². The van der Waals surface area contributed by atoms with E-state index in [0.717, 1.165) is 102 Å². The normalized spacial score (nSPS) is 44.5. The summed E-state index contributed by atoms with van der Waals surface area (Å²) < 4.78 is 34.1. The van der Waals surface area contributed by atoms with Crippen LogP contribution in [0.5, 0.6) is 0 Å². The van der Waals surface area contributed by atoms with Crippen molar-refractivity contribution < 1.29 is 107 Å². The van der Waals surface area contributed by atoms with Crippen LogP contribution in [0, 0.1) is 57.2 Å². The molecule has 6 fully saturated rings. The maximum absolute atomic E-state index is 12.4. The first-order valence-corrected chi connectivity index (χ1v) is 19.7. The van der Waals surface area contributed by atoms with Gasteiger partial charge >= 0.3 is 59.1 Å². The molecule has 8 rings (SSSR count). The van der Waals surface area contributed by atoms with E-state index < -0.39 is 10.4 Å². The molecule has 0 bridgehead atoms. The van der Waals surface area contributed by atoms with E-state index in [1.807, 2.05) is 0 Å². The van der Waals surface area contributed by atoms with E-state index in [0.29, 0.717) is 46.1 Å². The third kappa shape index (κ3) is 8.76. The van der Waals surface area contributed by atoms with Crippen molar-refractivity contribution in [3.05, 3.63) is 23.3 Å². The summed E-state index contributed by atoms with van der Waals surface area (Å²) in [5.41, 5.74) is 3.61. The van der Waals surface area contributed by atoms with Crippen molar-refractivity contribution in [3.63, 3.8) is 0 Å². The van der Waals surface area contributed by atoms with Gasteiger partial charge in [0.25, 0.3) is 0 Å². The van der Waals surface area contributed by atoms with Gasteiger partial charge in [0.05, 0.1) is 12.2 Å². The summed E-state index contributed by atoms with van der Waals surface area (Å²) in [5, 5.41) is 20.0. The Balaban J connectivity index is 0.000000292. The second kappa shape index (κ2) is 17.3. The van der Waals surface area contributed by atoms with Crippen LogP contribution >= 0.6 is 0 Å². The van der Waals surface area contributed by atoms with Gasteiger partial charge in [0.1, 0.15) is 11.6 Å². The van der Waals surface area contributed by atoms with E-state index in [1.165, 1.54) is 24.0 Å². The molecule has 0 aromatic heterocycles.